The van der Waals surface area contributed by atoms with Crippen LogP contribution in [-0.4, -0.2) is 22.4 Å². The number of hydrogen-bond donors (Lipinski definition) is 2. The van der Waals surface area contributed by atoms with Gasteiger partial charge in [-0.3, -0.25) is 4.79 Å². The molecule has 0 spiro atoms. The van der Waals surface area contributed by atoms with Gasteiger partial charge in [-0.1, -0.05) is 25.8 Å². The van der Waals surface area contributed by atoms with Crippen LogP contribution in [0.1, 0.15) is 43.0 Å². The van der Waals surface area contributed by atoms with Crippen molar-refractivity contribution in [1.82, 2.24) is 5.32 Å². The van der Waals surface area contributed by atoms with E-state index in [0.717, 1.165) is 31.7 Å². The van der Waals surface area contributed by atoms with Gasteiger partial charge < -0.3 is 10.4 Å². The molecule has 0 aliphatic heterocycles. The average molecular weight is 300 g/mol. The molecule has 110 valence electrons. The maximum Gasteiger partial charge on any atom is 0.258 e. The second-order valence-corrected chi connectivity index (χ2v) is 5.97. The number of alkyl halides is 1. The Bertz CT molecular complexity index is 488. The summed E-state index contributed by atoms with van der Waals surface area (Å²) in [5, 5.41) is 12.5. The van der Waals surface area contributed by atoms with E-state index in [9.17, 15) is 14.3 Å². The largest absolute Gasteiger partial charge is 0.507 e. The molecule has 0 heterocycles. The molecule has 0 aromatic heterocycles. The molecule has 5 heteroatoms. The maximum atomic E-state index is 13.7. The van der Waals surface area contributed by atoms with E-state index in [1.165, 1.54) is 12.1 Å². The van der Waals surface area contributed by atoms with Crippen molar-refractivity contribution in [3.8, 4) is 5.75 Å². The van der Waals surface area contributed by atoms with Crippen LogP contribution in [0.3, 0.4) is 0 Å². The Morgan fingerprint density at radius 2 is 2.35 bits per heavy atom. The summed E-state index contributed by atoms with van der Waals surface area (Å²) in [4.78, 5) is 12.3. The number of carbonyl (C=O) groups is 1. The van der Waals surface area contributed by atoms with Crippen LogP contribution >= 0.6 is 11.6 Å². The molecule has 2 atom stereocenters. The molecular formula is C15H19ClFNO2. The van der Waals surface area contributed by atoms with Gasteiger partial charge in [0.05, 0.1) is 5.54 Å². The summed E-state index contributed by atoms with van der Waals surface area (Å²) < 4.78 is 13.7. The highest BCUT2D eigenvalue weighted by Crippen LogP contribution is 2.34. The Hall–Kier alpha value is -1.29. The zero-order chi connectivity index (χ0) is 14.8. The highest BCUT2D eigenvalue weighted by molar-refractivity contribution is 6.19. The van der Waals surface area contributed by atoms with Crippen molar-refractivity contribution in [3.63, 3.8) is 0 Å². The number of aromatic hydroxyl groups is 1. The van der Waals surface area contributed by atoms with E-state index in [4.69, 9.17) is 11.6 Å². The molecule has 1 aliphatic rings. The molecule has 1 aliphatic carbocycles. The van der Waals surface area contributed by atoms with Gasteiger partial charge >= 0.3 is 0 Å². The number of halogens is 2. The lowest BCUT2D eigenvalue weighted by Crippen LogP contribution is -2.52. The number of amides is 1. The molecule has 20 heavy (non-hydrogen) atoms. The van der Waals surface area contributed by atoms with E-state index in [0.29, 0.717) is 5.92 Å². The SMILES string of the molecule is CC1CCCC(CCl)(NC(=O)c2c(O)cccc2F)C1. The van der Waals surface area contributed by atoms with E-state index in [2.05, 4.69) is 12.2 Å². The van der Waals surface area contributed by atoms with Crippen molar-refractivity contribution >= 4 is 17.5 Å². The fourth-order valence-electron chi connectivity index (χ4n) is 2.97. The summed E-state index contributed by atoms with van der Waals surface area (Å²) in [6.45, 7) is 2.12. The first-order chi connectivity index (χ1) is 9.47. The molecule has 2 unspecified atom stereocenters. The van der Waals surface area contributed by atoms with Crippen LogP contribution in [0.25, 0.3) is 0 Å². The predicted octanol–water partition coefficient (Wildman–Crippen LogP) is 3.45. The van der Waals surface area contributed by atoms with E-state index in [1.807, 2.05) is 0 Å². The molecular weight excluding hydrogens is 281 g/mol. The lowest BCUT2D eigenvalue weighted by molar-refractivity contribution is 0.0860. The number of benzene rings is 1. The molecule has 0 saturated heterocycles. The summed E-state index contributed by atoms with van der Waals surface area (Å²) in [5.74, 6) is -0.919. The van der Waals surface area contributed by atoms with E-state index < -0.39 is 17.3 Å². The Balaban J connectivity index is 2.21. The fraction of sp³-hybridized carbons (Fsp3) is 0.533. The monoisotopic (exact) mass is 299 g/mol. The van der Waals surface area contributed by atoms with Gasteiger partial charge in [0, 0.05) is 5.88 Å². The normalized spacial score (nSPS) is 26.2. The van der Waals surface area contributed by atoms with Gasteiger partial charge in [-0.15, -0.1) is 11.6 Å². The number of phenols is 1. The zero-order valence-electron chi connectivity index (χ0n) is 11.5. The van der Waals surface area contributed by atoms with Gasteiger partial charge in [-0.25, -0.2) is 4.39 Å². The van der Waals surface area contributed by atoms with Crippen molar-refractivity contribution in [2.45, 2.75) is 38.1 Å². The van der Waals surface area contributed by atoms with Crippen molar-refractivity contribution < 1.29 is 14.3 Å². The van der Waals surface area contributed by atoms with Gasteiger partial charge in [0.2, 0.25) is 0 Å². The Labute approximate surface area is 123 Å². The van der Waals surface area contributed by atoms with Crippen LogP contribution < -0.4 is 5.32 Å². The van der Waals surface area contributed by atoms with Crippen molar-refractivity contribution in [2.24, 2.45) is 5.92 Å². The Kier molecular flexibility index (Phi) is 4.53. The zero-order valence-corrected chi connectivity index (χ0v) is 12.2. The first-order valence-electron chi connectivity index (χ1n) is 6.83. The van der Waals surface area contributed by atoms with Gasteiger partial charge in [0.15, 0.2) is 0 Å². The van der Waals surface area contributed by atoms with Gasteiger partial charge in [-0.05, 0) is 30.9 Å². The molecule has 2 rings (SSSR count). The summed E-state index contributed by atoms with van der Waals surface area (Å²) in [5.41, 5.74) is -0.819. The molecule has 0 bridgehead atoms. The third kappa shape index (κ3) is 3.06. The standard InChI is InChI=1S/C15H19ClFNO2/c1-10-4-3-7-15(8-10,9-16)18-14(20)13-11(17)5-2-6-12(13)19/h2,5-6,10,19H,3-4,7-9H2,1H3,(H,18,20). The first-order valence-corrected chi connectivity index (χ1v) is 7.37. The lowest BCUT2D eigenvalue weighted by atomic mass is 9.77. The number of carbonyl (C=O) groups excluding carboxylic acids is 1. The molecule has 1 amide bonds. The van der Waals surface area contributed by atoms with Gasteiger partial charge in [-0.2, -0.15) is 0 Å². The smallest absolute Gasteiger partial charge is 0.258 e. The Morgan fingerprint density at radius 1 is 1.60 bits per heavy atom. The number of phenolic OH excluding ortho intramolecular Hbond substituents is 1. The average Bonchev–Trinajstić information content (AvgIpc) is 2.38. The minimum atomic E-state index is -0.726. The maximum absolute atomic E-state index is 13.7. The minimum Gasteiger partial charge on any atom is -0.507 e. The van der Waals surface area contributed by atoms with Crippen molar-refractivity contribution in [2.75, 3.05) is 5.88 Å². The third-order valence-electron chi connectivity index (χ3n) is 3.94. The topological polar surface area (TPSA) is 49.3 Å². The highest BCUT2D eigenvalue weighted by Gasteiger charge is 2.36. The van der Waals surface area contributed by atoms with Gasteiger partial charge in [0.25, 0.3) is 5.91 Å². The van der Waals surface area contributed by atoms with Crippen LogP contribution in [-0.2, 0) is 0 Å². The van der Waals surface area contributed by atoms with Gasteiger partial charge in [0.1, 0.15) is 17.1 Å². The molecule has 0 radical (unpaired) electrons. The van der Waals surface area contributed by atoms with Crippen LogP contribution in [0.15, 0.2) is 18.2 Å². The van der Waals surface area contributed by atoms with Crippen LogP contribution in [0, 0.1) is 11.7 Å². The second-order valence-electron chi connectivity index (χ2n) is 5.70. The fourth-order valence-corrected chi connectivity index (χ4v) is 3.28. The second kappa shape index (κ2) is 6.00. The third-order valence-corrected chi connectivity index (χ3v) is 4.46. The summed E-state index contributed by atoms with van der Waals surface area (Å²) in [6.07, 6.45) is 3.65. The number of rotatable bonds is 3. The minimum absolute atomic E-state index is 0.290. The summed E-state index contributed by atoms with van der Waals surface area (Å²) in [7, 11) is 0. The van der Waals surface area contributed by atoms with Crippen LogP contribution in [0.4, 0.5) is 4.39 Å². The molecule has 3 nitrogen and oxygen atoms in total. The summed E-state index contributed by atoms with van der Waals surface area (Å²) in [6, 6.07) is 3.82. The number of nitrogens with one attached hydrogen (secondary N) is 1. The van der Waals surface area contributed by atoms with E-state index in [1.54, 1.807) is 0 Å². The van der Waals surface area contributed by atoms with E-state index in [-0.39, 0.29) is 17.2 Å². The summed E-state index contributed by atoms with van der Waals surface area (Å²) >= 11 is 6.04. The molecule has 1 saturated carbocycles. The molecule has 1 aromatic carbocycles. The van der Waals surface area contributed by atoms with E-state index >= 15 is 0 Å². The molecule has 2 N–H and O–H groups in total. The molecule has 1 aromatic rings. The number of hydrogen-bond acceptors (Lipinski definition) is 2. The lowest BCUT2D eigenvalue weighted by Gasteiger charge is -2.39. The predicted molar refractivity (Wildman–Crippen MR) is 76.6 cm³/mol. The van der Waals surface area contributed by atoms with Crippen molar-refractivity contribution in [1.29, 1.82) is 0 Å². The molecule has 1 fully saturated rings. The highest BCUT2D eigenvalue weighted by atomic mass is 35.5. The first kappa shape index (κ1) is 15.1. The van der Waals surface area contributed by atoms with Crippen LogP contribution in [0.5, 0.6) is 5.75 Å². The van der Waals surface area contributed by atoms with Crippen LogP contribution in [0.2, 0.25) is 0 Å². The van der Waals surface area contributed by atoms with Crippen molar-refractivity contribution in [3.05, 3.63) is 29.6 Å². The quantitative estimate of drug-likeness (QED) is 0.840. The Morgan fingerprint density at radius 3 is 2.95 bits per heavy atom.